The van der Waals surface area contributed by atoms with E-state index in [0.717, 1.165) is 11.1 Å². The fraction of sp³-hybridized carbons (Fsp3) is 0.350. The van der Waals surface area contributed by atoms with Crippen LogP contribution in [0.5, 0.6) is 0 Å². The summed E-state index contributed by atoms with van der Waals surface area (Å²) >= 11 is 0. The summed E-state index contributed by atoms with van der Waals surface area (Å²) in [4.78, 5) is 22.8. The number of benzene rings is 2. The third-order valence-corrected chi connectivity index (χ3v) is 4.49. The smallest absolute Gasteiger partial charge is 0.271 e. The fourth-order valence-electron chi connectivity index (χ4n) is 2.72. The zero-order chi connectivity index (χ0) is 20.7. The van der Waals surface area contributed by atoms with Crippen LogP contribution in [-0.4, -0.2) is 35.6 Å². The summed E-state index contributed by atoms with van der Waals surface area (Å²) in [7, 11) is 0. The standard InChI is InChI=1S/C20H26N4O4/c1-13-4-5-16(10-14(13)2)15(3)23-20(26)12-22-19-11-17(24(27)28)6-7-18(19)21-8-9-25/h4-7,10-11,15,21-22,25H,8-9,12H2,1-3H3,(H,23,26)/t15-/m0/s1. The van der Waals surface area contributed by atoms with Gasteiger partial charge in [0.25, 0.3) is 5.69 Å². The molecule has 2 aromatic carbocycles. The number of carbonyl (C=O) groups excluding carboxylic acids is 1. The molecule has 0 aliphatic carbocycles. The monoisotopic (exact) mass is 386 g/mol. The number of nitrogens with zero attached hydrogens (tertiary/aromatic N) is 1. The zero-order valence-corrected chi connectivity index (χ0v) is 16.3. The van der Waals surface area contributed by atoms with Crippen molar-refractivity contribution < 1.29 is 14.8 Å². The Labute approximate surface area is 164 Å². The number of nitro benzene ring substituents is 1. The number of hydrogen-bond acceptors (Lipinski definition) is 6. The fourth-order valence-corrected chi connectivity index (χ4v) is 2.72. The van der Waals surface area contributed by atoms with Crippen molar-refractivity contribution in [1.29, 1.82) is 0 Å². The largest absolute Gasteiger partial charge is 0.395 e. The molecule has 0 aliphatic heterocycles. The second-order valence-corrected chi connectivity index (χ2v) is 6.62. The van der Waals surface area contributed by atoms with Crippen molar-refractivity contribution in [1.82, 2.24) is 5.32 Å². The summed E-state index contributed by atoms with van der Waals surface area (Å²) in [6, 6.07) is 10.2. The van der Waals surface area contributed by atoms with E-state index in [9.17, 15) is 14.9 Å². The number of aryl methyl sites for hydroxylation is 2. The van der Waals surface area contributed by atoms with E-state index in [1.165, 1.54) is 17.7 Å². The molecule has 0 unspecified atom stereocenters. The molecule has 150 valence electrons. The van der Waals surface area contributed by atoms with E-state index in [1.54, 1.807) is 6.07 Å². The lowest BCUT2D eigenvalue weighted by Crippen LogP contribution is -2.32. The quantitative estimate of drug-likeness (QED) is 0.389. The van der Waals surface area contributed by atoms with Crippen LogP contribution < -0.4 is 16.0 Å². The molecule has 0 spiro atoms. The van der Waals surface area contributed by atoms with Gasteiger partial charge < -0.3 is 21.1 Å². The van der Waals surface area contributed by atoms with Gasteiger partial charge in [-0.1, -0.05) is 18.2 Å². The second-order valence-electron chi connectivity index (χ2n) is 6.62. The summed E-state index contributed by atoms with van der Waals surface area (Å²) in [5, 5.41) is 28.8. The van der Waals surface area contributed by atoms with Gasteiger partial charge in [0.05, 0.1) is 35.5 Å². The first-order valence-electron chi connectivity index (χ1n) is 9.05. The van der Waals surface area contributed by atoms with E-state index in [4.69, 9.17) is 5.11 Å². The molecule has 2 aromatic rings. The molecule has 0 saturated carbocycles. The Hall–Kier alpha value is -3.13. The van der Waals surface area contributed by atoms with Crippen molar-refractivity contribution in [2.24, 2.45) is 0 Å². The Morgan fingerprint density at radius 3 is 2.50 bits per heavy atom. The average Bonchev–Trinajstić information content (AvgIpc) is 2.66. The molecule has 8 heteroatoms. The number of carbonyl (C=O) groups is 1. The maximum atomic E-state index is 12.3. The molecule has 0 radical (unpaired) electrons. The number of aliphatic hydroxyl groups is 1. The normalized spacial score (nSPS) is 11.6. The average molecular weight is 386 g/mol. The molecule has 28 heavy (non-hydrogen) atoms. The summed E-state index contributed by atoms with van der Waals surface area (Å²) < 4.78 is 0. The molecular formula is C20H26N4O4. The highest BCUT2D eigenvalue weighted by Crippen LogP contribution is 2.27. The SMILES string of the molecule is Cc1ccc([C@H](C)NC(=O)CNc2cc([N+](=O)[O-])ccc2NCCO)cc1C. The Bertz CT molecular complexity index is 854. The molecule has 4 N–H and O–H groups in total. The van der Waals surface area contributed by atoms with Crippen molar-refractivity contribution in [3.8, 4) is 0 Å². The Morgan fingerprint density at radius 2 is 1.86 bits per heavy atom. The van der Waals surface area contributed by atoms with Gasteiger partial charge in [0.15, 0.2) is 0 Å². The summed E-state index contributed by atoms with van der Waals surface area (Å²) in [6.45, 7) is 6.15. The first-order valence-corrected chi connectivity index (χ1v) is 9.05. The first kappa shape index (κ1) is 21.2. The van der Waals surface area contributed by atoms with Gasteiger partial charge in [-0.3, -0.25) is 14.9 Å². The van der Waals surface area contributed by atoms with Crippen molar-refractivity contribution in [3.63, 3.8) is 0 Å². The highest BCUT2D eigenvalue weighted by Gasteiger charge is 2.14. The maximum absolute atomic E-state index is 12.3. The lowest BCUT2D eigenvalue weighted by molar-refractivity contribution is -0.384. The molecule has 0 saturated heterocycles. The van der Waals surface area contributed by atoms with Gasteiger partial charge in [-0.2, -0.15) is 0 Å². The van der Waals surface area contributed by atoms with Crippen molar-refractivity contribution in [2.45, 2.75) is 26.8 Å². The van der Waals surface area contributed by atoms with E-state index in [-0.39, 0.29) is 30.8 Å². The van der Waals surface area contributed by atoms with E-state index < -0.39 is 4.92 Å². The van der Waals surface area contributed by atoms with Crippen molar-refractivity contribution >= 4 is 23.0 Å². The van der Waals surface area contributed by atoms with Crippen LogP contribution >= 0.6 is 0 Å². The molecule has 8 nitrogen and oxygen atoms in total. The summed E-state index contributed by atoms with van der Waals surface area (Å²) in [5.74, 6) is -0.231. The molecule has 2 rings (SSSR count). The zero-order valence-electron chi connectivity index (χ0n) is 16.3. The number of nitrogens with one attached hydrogen (secondary N) is 3. The molecule has 0 aliphatic rings. The molecule has 0 heterocycles. The number of aliphatic hydroxyl groups excluding tert-OH is 1. The number of nitro groups is 1. The third kappa shape index (κ3) is 5.68. The predicted molar refractivity (Wildman–Crippen MR) is 110 cm³/mol. The van der Waals surface area contributed by atoms with Crippen LogP contribution in [0, 0.1) is 24.0 Å². The molecule has 1 atom stereocenters. The van der Waals surface area contributed by atoms with Gasteiger partial charge in [0.1, 0.15) is 0 Å². The Morgan fingerprint density at radius 1 is 1.11 bits per heavy atom. The van der Waals surface area contributed by atoms with Crippen LogP contribution in [0.1, 0.15) is 29.7 Å². The van der Waals surface area contributed by atoms with Crippen LogP contribution in [0.3, 0.4) is 0 Å². The van der Waals surface area contributed by atoms with E-state index in [0.29, 0.717) is 17.9 Å². The highest BCUT2D eigenvalue weighted by molar-refractivity contribution is 5.83. The second kappa shape index (κ2) is 9.70. The minimum atomic E-state index is -0.497. The van der Waals surface area contributed by atoms with Gasteiger partial charge in [-0.05, 0) is 43.5 Å². The molecular weight excluding hydrogens is 360 g/mol. The number of rotatable bonds is 9. The van der Waals surface area contributed by atoms with Gasteiger partial charge in [-0.25, -0.2) is 0 Å². The van der Waals surface area contributed by atoms with Crippen LogP contribution in [0.25, 0.3) is 0 Å². The van der Waals surface area contributed by atoms with E-state index >= 15 is 0 Å². The summed E-state index contributed by atoms with van der Waals surface area (Å²) in [5.41, 5.74) is 4.29. The maximum Gasteiger partial charge on any atom is 0.271 e. The van der Waals surface area contributed by atoms with Crippen molar-refractivity contribution in [3.05, 3.63) is 63.2 Å². The molecule has 1 amide bonds. The van der Waals surface area contributed by atoms with Crippen LogP contribution in [0.15, 0.2) is 36.4 Å². The molecule has 0 aromatic heterocycles. The number of anilines is 2. The van der Waals surface area contributed by atoms with E-state index in [2.05, 4.69) is 16.0 Å². The van der Waals surface area contributed by atoms with Gasteiger partial charge in [0, 0.05) is 18.7 Å². The van der Waals surface area contributed by atoms with Crippen LogP contribution in [-0.2, 0) is 4.79 Å². The molecule has 0 fully saturated rings. The lowest BCUT2D eigenvalue weighted by Gasteiger charge is -2.17. The number of hydrogen-bond donors (Lipinski definition) is 4. The van der Waals surface area contributed by atoms with Gasteiger partial charge in [-0.15, -0.1) is 0 Å². The Balaban J connectivity index is 2.03. The third-order valence-electron chi connectivity index (χ3n) is 4.49. The number of non-ortho nitro benzene ring substituents is 1. The lowest BCUT2D eigenvalue weighted by atomic mass is 10.0. The van der Waals surface area contributed by atoms with E-state index in [1.807, 2.05) is 39.0 Å². The first-order chi connectivity index (χ1) is 13.3. The predicted octanol–water partition coefficient (Wildman–Crippen LogP) is 2.91. The topological polar surface area (TPSA) is 117 Å². The van der Waals surface area contributed by atoms with Crippen LogP contribution in [0.2, 0.25) is 0 Å². The molecule has 0 bridgehead atoms. The van der Waals surface area contributed by atoms with Gasteiger partial charge in [0.2, 0.25) is 5.91 Å². The Kier molecular flexibility index (Phi) is 7.34. The van der Waals surface area contributed by atoms with Crippen molar-refractivity contribution in [2.75, 3.05) is 30.3 Å². The number of amides is 1. The summed E-state index contributed by atoms with van der Waals surface area (Å²) in [6.07, 6.45) is 0. The van der Waals surface area contributed by atoms with Gasteiger partial charge >= 0.3 is 0 Å². The minimum absolute atomic E-state index is 0.0375. The highest BCUT2D eigenvalue weighted by atomic mass is 16.6. The van der Waals surface area contributed by atoms with Crippen LogP contribution in [0.4, 0.5) is 17.1 Å². The minimum Gasteiger partial charge on any atom is -0.395 e.